The lowest BCUT2D eigenvalue weighted by Crippen LogP contribution is -2.31. The maximum atomic E-state index is 10.2. The Labute approximate surface area is 169 Å². The van der Waals surface area contributed by atoms with E-state index in [0.717, 1.165) is 28.3 Å². The molecule has 142 valence electrons. The lowest BCUT2D eigenvalue weighted by atomic mass is 9.79. The van der Waals surface area contributed by atoms with Crippen LogP contribution in [0, 0.1) is 0 Å². The number of thiazole rings is 1. The largest absolute Gasteiger partial charge is 0.489 e. The molecule has 1 atom stereocenters. The second-order valence-corrected chi connectivity index (χ2v) is 7.82. The van der Waals surface area contributed by atoms with Gasteiger partial charge < -0.3 is 9.84 Å². The van der Waals surface area contributed by atoms with E-state index in [4.69, 9.17) is 4.74 Å². The second-order valence-electron chi connectivity index (χ2n) is 6.93. The Bertz CT molecular complexity index is 1060. The fourth-order valence-electron chi connectivity index (χ4n) is 3.59. The molecule has 0 aliphatic carbocycles. The number of benzene rings is 3. The summed E-state index contributed by atoms with van der Waals surface area (Å²) in [5, 5.41) is 15.6. The maximum absolute atomic E-state index is 10.2. The molecule has 0 bridgehead atoms. The number of aliphatic hydroxyl groups is 1. The number of hydrogen-bond acceptors (Lipinski definition) is 4. The van der Waals surface area contributed by atoms with Gasteiger partial charge in [0, 0.05) is 11.6 Å². The molecule has 1 N–H and O–H groups in total. The first-order valence-electron chi connectivity index (χ1n) is 9.47. The van der Waals surface area contributed by atoms with Gasteiger partial charge in [-0.15, -0.1) is 11.3 Å². The van der Waals surface area contributed by atoms with Gasteiger partial charge in [-0.05, 0) is 46.5 Å². The Morgan fingerprint density at radius 2 is 1.86 bits per heavy atom. The highest BCUT2D eigenvalue weighted by Gasteiger charge is 2.34. The molecule has 4 aromatic rings. The molecule has 1 unspecified atom stereocenters. The Balaban J connectivity index is 1.58. The zero-order valence-corrected chi connectivity index (χ0v) is 16.7. The zero-order valence-electron chi connectivity index (χ0n) is 15.8. The van der Waals surface area contributed by atoms with E-state index in [1.54, 1.807) is 17.5 Å². The minimum absolute atomic E-state index is 0.0190. The van der Waals surface area contributed by atoms with Crippen molar-refractivity contribution in [2.45, 2.75) is 25.4 Å². The standard InChI is InChI=1S/C24H23NO2S/c1-2-24(17-26,23-25-12-13-28-23)21-8-5-9-22(15-21)27-16-18-10-11-19-6-3-4-7-20(19)14-18/h3-15,26H,2,16-17H2,1H3. The molecule has 0 spiro atoms. The predicted octanol–water partition coefficient (Wildman–Crippen LogP) is 5.56. The third-order valence-electron chi connectivity index (χ3n) is 5.32. The van der Waals surface area contributed by atoms with Crippen LogP contribution in [-0.4, -0.2) is 16.7 Å². The van der Waals surface area contributed by atoms with Gasteiger partial charge in [-0.1, -0.05) is 55.5 Å². The average molecular weight is 390 g/mol. The van der Waals surface area contributed by atoms with Crippen molar-refractivity contribution >= 4 is 22.1 Å². The molecule has 0 saturated heterocycles. The van der Waals surface area contributed by atoms with Gasteiger partial charge in [-0.2, -0.15) is 0 Å². The van der Waals surface area contributed by atoms with Crippen molar-refractivity contribution in [2.24, 2.45) is 0 Å². The first-order chi connectivity index (χ1) is 13.7. The molecule has 4 heteroatoms. The van der Waals surface area contributed by atoms with Crippen molar-refractivity contribution in [1.29, 1.82) is 0 Å². The third-order valence-corrected chi connectivity index (χ3v) is 6.30. The minimum atomic E-state index is -0.490. The third kappa shape index (κ3) is 3.53. The van der Waals surface area contributed by atoms with Crippen molar-refractivity contribution in [3.63, 3.8) is 0 Å². The quantitative estimate of drug-likeness (QED) is 0.450. The topological polar surface area (TPSA) is 42.4 Å². The molecule has 3 nitrogen and oxygen atoms in total. The number of hydrogen-bond donors (Lipinski definition) is 1. The summed E-state index contributed by atoms with van der Waals surface area (Å²) in [5.74, 6) is 0.800. The van der Waals surface area contributed by atoms with E-state index in [9.17, 15) is 5.11 Å². The smallest absolute Gasteiger partial charge is 0.120 e. The van der Waals surface area contributed by atoms with Crippen molar-refractivity contribution in [2.75, 3.05) is 6.61 Å². The number of aliphatic hydroxyl groups excluding tert-OH is 1. The second kappa shape index (κ2) is 8.13. The normalized spacial score (nSPS) is 13.4. The molecule has 0 amide bonds. The van der Waals surface area contributed by atoms with E-state index >= 15 is 0 Å². The Morgan fingerprint density at radius 3 is 2.61 bits per heavy atom. The highest BCUT2D eigenvalue weighted by Crippen LogP contribution is 2.37. The highest BCUT2D eigenvalue weighted by atomic mass is 32.1. The fraction of sp³-hybridized carbons (Fsp3) is 0.208. The summed E-state index contributed by atoms with van der Waals surface area (Å²) in [7, 11) is 0. The molecule has 0 saturated carbocycles. The van der Waals surface area contributed by atoms with Gasteiger partial charge >= 0.3 is 0 Å². The van der Waals surface area contributed by atoms with Crippen molar-refractivity contribution < 1.29 is 9.84 Å². The van der Waals surface area contributed by atoms with Gasteiger partial charge in [0.2, 0.25) is 0 Å². The SMILES string of the molecule is CCC(CO)(c1cccc(OCc2ccc3ccccc3c2)c1)c1nccs1. The van der Waals surface area contributed by atoms with E-state index in [1.807, 2.05) is 41.8 Å². The first-order valence-corrected chi connectivity index (χ1v) is 10.3. The van der Waals surface area contributed by atoms with Crippen LogP contribution in [-0.2, 0) is 12.0 Å². The number of fused-ring (bicyclic) bond motifs is 1. The summed E-state index contributed by atoms with van der Waals surface area (Å²) in [6.45, 7) is 2.61. The van der Waals surface area contributed by atoms with Crippen molar-refractivity contribution in [3.8, 4) is 5.75 Å². The monoisotopic (exact) mass is 389 g/mol. The van der Waals surface area contributed by atoms with Gasteiger partial charge in [-0.25, -0.2) is 4.98 Å². The zero-order chi connectivity index (χ0) is 19.4. The fourth-order valence-corrected chi connectivity index (χ4v) is 4.51. The number of nitrogens with zero attached hydrogens (tertiary/aromatic N) is 1. The Hall–Kier alpha value is -2.69. The summed E-state index contributed by atoms with van der Waals surface area (Å²) in [6.07, 6.45) is 2.56. The molecule has 1 heterocycles. The molecule has 0 aliphatic heterocycles. The van der Waals surface area contributed by atoms with E-state index in [1.165, 1.54) is 10.8 Å². The van der Waals surface area contributed by atoms with E-state index in [-0.39, 0.29) is 6.61 Å². The molecule has 28 heavy (non-hydrogen) atoms. The molecule has 3 aromatic carbocycles. The van der Waals surface area contributed by atoms with Crippen LogP contribution in [0.25, 0.3) is 10.8 Å². The minimum Gasteiger partial charge on any atom is -0.489 e. The highest BCUT2D eigenvalue weighted by molar-refractivity contribution is 7.09. The Morgan fingerprint density at radius 1 is 1.00 bits per heavy atom. The van der Waals surface area contributed by atoms with Crippen LogP contribution in [0.1, 0.15) is 29.5 Å². The molecule has 0 fully saturated rings. The molecule has 0 radical (unpaired) electrons. The summed E-state index contributed by atoms with van der Waals surface area (Å²) < 4.78 is 6.08. The van der Waals surface area contributed by atoms with Crippen LogP contribution in [0.3, 0.4) is 0 Å². The summed E-state index contributed by atoms with van der Waals surface area (Å²) in [4.78, 5) is 4.48. The molecule has 4 rings (SSSR count). The maximum Gasteiger partial charge on any atom is 0.120 e. The van der Waals surface area contributed by atoms with Crippen LogP contribution in [0.2, 0.25) is 0 Å². The number of ether oxygens (including phenoxy) is 1. The molecular weight excluding hydrogens is 366 g/mol. The van der Waals surface area contributed by atoms with Crippen LogP contribution in [0.5, 0.6) is 5.75 Å². The first kappa shape index (κ1) is 18.7. The van der Waals surface area contributed by atoms with Gasteiger partial charge in [0.25, 0.3) is 0 Å². The lowest BCUT2D eigenvalue weighted by molar-refractivity contribution is 0.214. The predicted molar refractivity (Wildman–Crippen MR) is 115 cm³/mol. The number of rotatable bonds is 7. The van der Waals surface area contributed by atoms with Crippen LogP contribution in [0.4, 0.5) is 0 Å². The van der Waals surface area contributed by atoms with Crippen LogP contribution < -0.4 is 4.74 Å². The van der Waals surface area contributed by atoms with E-state index in [2.05, 4.69) is 42.2 Å². The van der Waals surface area contributed by atoms with Crippen molar-refractivity contribution in [3.05, 3.63) is 94.4 Å². The van der Waals surface area contributed by atoms with Gasteiger partial charge in [0.1, 0.15) is 17.4 Å². The lowest BCUT2D eigenvalue weighted by Gasteiger charge is -2.29. The van der Waals surface area contributed by atoms with E-state index < -0.39 is 5.41 Å². The molecule has 1 aromatic heterocycles. The van der Waals surface area contributed by atoms with Gasteiger partial charge in [0.05, 0.1) is 12.0 Å². The summed E-state index contributed by atoms with van der Waals surface area (Å²) in [5.41, 5.74) is 1.67. The average Bonchev–Trinajstić information content (AvgIpc) is 3.29. The van der Waals surface area contributed by atoms with Crippen molar-refractivity contribution in [1.82, 2.24) is 4.98 Å². The van der Waals surface area contributed by atoms with E-state index in [0.29, 0.717) is 6.61 Å². The summed E-state index contributed by atoms with van der Waals surface area (Å²) >= 11 is 1.58. The van der Waals surface area contributed by atoms with Gasteiger partial charge in [-0.3, -0.25) is 0 Å². The van der Waals surface area contributed by atoms with Crippen LogP contribution >= 0.6 is 11.3 Å². The number of aromatic nitrogens is 1. The molecule has 0 aliphatic rings. The molecular formula is C24H23NO2S. The Kier molecular flexibility index (Phi) is 5.42. The van der Waals surface area contributed by atoms with Gasteiger partial charge in [0.15, 0.2) is 0 Å². The van der Waals surface area contributed by atoms with Crippen LogP contribution in [0.15, 0.2) is 78.3 Å². The summed E-state index contributed by atoms with van der Waals surface area (Å²) in [6, 6.07) is 22.7.